The molecule has 2 rings (SSSR count). The third-order valence-electron chi connectivity index (χ3n) is 4.18. The normalized spacial score (nSPS) is 13.3. The van der Waals surface area contributed by atoms with Gasteiger partial charge in [0, 0.05) is 10.8 Å². The molecule has 0 fully saturated rings. The van der Waals surface area contributed by atoms with E-state index in [1.807, 2.05) is 46.8 Å². The van der Waals surface area contributed by atoms with Gasteiger partial charge in [-0.1, -0.05) is 41.3 Å². The molecule has 18 heteroatoms. The lowest BCUT2D eigenvalue weighted by Crippen LogP contribution is -1.96. The molecule has 0 radical (unpaired) electrons. The fourth-order valence-electron chi connectivity index (χ4n) is 2.68. The van der Waals surface area contributed by atoms with Gasteiger partial charge >= 0.3 is 6.80 Å². The fourth-order valence-corrected chi connectivity index (χ4v) is 18.9. The molecule has 1 heterocycles. The Kier molecular flexibility index (Phi) is 21.0. The second kappa shape index (κ2) is 21.6. The van der Waals surface area contributed by atoms with Crippen LogP contribution in [-0.4, -0.2) is 53.7 Å². The van der Waals surface area contributed by atoms with Gasteiger partial charge in [0.2, 0.25) is 11.4 Å². The average Bonchev–Trinajstić information content (AvgIpc) is 3.37. The number of hydrogen-bond donors (Lipinski definition) is 0. The van der Waals surface area contributed by atoms with Crippen molar-refractivity contribution < 1.29 is 31.7 Å². The van der Waals surface area contributed by atoms with Crippen LogP contribution in [0.2, 0.25) is 5.02 Å². The van der Waals surface area contributed by atoms with Crippen LogP contribution in [0, 0.1) is 0 Å². The third-order valence-corrected chi connectivity index (χ3v) is 20.4. The summed E-state index contributed by atoms with van der Waals surface area (Å²) in [7, 11) is 0. The van der Waals surface area contributed by atoms with E-state index < -0.39 is 18.2 Å². The molecule has 236 valence electrons. The Balaban J connectivity index is 0.000000416. The molecule has 0 N–H and O–H groups in total. The monoisotopic (exact) mass is 744 g/mol. The van der Waals surface area contributed by atoms with Crippen LogP contribution >= 0.6 is 63.9 Å². The number of nitrogens with zero attached hydrogens (tertiary/aromatic N) is 2. The summed E-state index contributed by atoms with van der Waals surface area (Å²) >= 11 is 20.9. The molecule has 0 spiro atoms. The summed E-state index contributed by atoms with van der Waals surface area (Å²) in [6.07, 6.45) is 4.09. The van der Waals surface area contributed by atoms with Crippen molar-refractivity contribution in [1.82, 2.24) is 9.78 Å². The van der Waals surface area contributed by atoms with Gasteiger partial charge in [-0.25, -0.2) is 9.25 Å². The third kappa shape index (κ3) is 16.2. The zero-order valence-corrected chi connectivity index (χ0v) is 31.7. The summed E-state index contributed by atoms with van der Waals surface area (Å²) in [5, 5.41) is 5.52. The summed E-state index contributed by atoms with van der Waals surface area (Å²) in [6.45, 7) is 10.8. The van der Waals surface area contributed by atoms with E-state index in [4.69, 9.17) is 62.4 Å². The predicted molar refractivity (Wildman–Crippen MR) is 186 cm³/mol. The number of benzene rings is 1. The maximum atomic E-state index is 12.6. The minimum atomic E-state index is -3.20. The number of hydrogen-bond acceptors (Lipinski definition) is 13. The fraction of sp³-hybridized carbons (Fsp3) is 0.609. The number of halogens is 1. The lowest BCUT2D eigenvalue weighted by molar-refractivity contribution is 0.280. The van der Waals surface area contributed by atoms with E-state index >= 15 is 0 Å². The van der Waals surface area contributed by atoms with E-state index in [1.54, 1.807) is 29.9 Å². The lowest BCUT2D eigenvalue weighted by Gasteiger charge is -2.23. The first-order valence-corrected chi connectivity index (χ1v) is 24.9. The van der Waals surface area contributed by atoms with Crippen LogP contribution in [-0.2, 0) is 50.8 Å². The molecule has 9 nitrogen and oxygen atoms in total. The maximum absolute atomic E-state index is 12.6. The summed E-state index contributed by atoms with van der Waals surface area (Å²) in [5.74, 6) is 1.12. The van der Waals surface area contributed by atoms with Crippen molar-refractivity contribution in [2.45, 2.75) is 48.0 Å². The van der Waals surface area contributed by atoms with Gasteiger partial charge in [0.05, 0.1) is 56.2 Å². The van der Waals surface area contributed by atoms with Gasteiger partial charge in [0.15, 0.2) is 5.75 Å². The van der Waals surface area contributed by atoms with Crippen LogP contribution in [0.15, 0.2) is 36.7 Å². The van der Waals surface area contributed by atoms with E-state index in [0.717, 1.165) is 12.1 Å². The highest BCUT2D eigenvalue weighted by Gasteiger charge is 2.27. The topological polar surface area (TPSA) is 90.3 Å². The van der Waals surface area contributed by atoms with E-state index in [9.17, 15) is 4.57 Å². The number of aromatic nitrogens is 2. The summed E-state index contributed by atoms with van der Waals surface area (Å²) in [4.78, 5) is 0. The Morgan fingerprint density at radius 1 is 0.805 bits per heavy atom. The van der Waals surface area contributed by atoms with Crippen molar-refractivity contribution in [3.8, 4) is 11.4 Å². The van der Waals surface area contributed by atoms with Gasteiger partial charge < -0.3 is 22.6 Å². The molecular formula is C23H40ClN2O7P3S5. The van der Waals surface area contributed by atoms with Gasteiger partial charge in [0.1, 0.15) is 0 Å². The smallest absolute Gasteiger partial charge is 0.414 e. The van der Waals surface area contributed by atoms with Crippen LogP contribution in [0.4, 0.5) is 0 Å². The van der Waals surface area contributed by atoms with Gasteiger partial charge in [-0.3, -0.25) is 4.52 Å². The molecule has 1 aromatic carbocycles. The lowest BCUT2D eigenvalue weighted by atomic mass is 10.3. The highest BCUT2D eigenvalue weighted by molar-refractivity contribution is 8.76. The summed E-state index contributed by atoms with van der Waals surface area (Å²) in [6, 6.07) is 7.24. The number of rotatable bonds is 20. The second-order valence-corrected chi connectivity index (χ2v) is 24.9. The van der Waals surface area contributed by atoms with Crippen LogP contribution in [0.25, 0.3) is 5.69 Å². The minimum Gasteiger partial charge on any atom is -0.414 e. The van der Waals surface area contributed by atoms with Crippen LogP contribution in [0.1, 0.15) is 48.0 Å². The van der Waals surface area contributed by atoms with Gasteiger partial charge in [-0.15, -0.1) is 0 Å². The second-order valence-electron chi connectivity index (χ2n) is 7.33. The van der Waals surface area contributed by atoms with E-state index in [1.165, 1.54) is 40.3 Å². The van der Waals surface area contributed by atoms with E-state index in [2.05, 4.69) is 5.10 Å². The van der Waals surface area contributed by atoms with Crippen molar-refractivity contribution in [2.75, 3.05) is 43.9 Å². The van der Waals surface area contributed by atoms with Crippen molar-refractivity contribution >= 4 is 87.5 Å². The largest absolute Gasteiger partial charge is 0.440 e. The van der Waals surface area contributed by atoms with Gasteiger partial charge in [-0.05, 0) is 100 Å². The van der Waals surface area contributed by atoms with Gasteiger partial charge in [-0.2, -0.15) is 5.10 Å². The predicted octanol–water partition coefficient (Wildman–Crippen LogP) is 10.2. The highest BCUT2D eigenvalue weighted by Crippen LogP contribution is 2.68. The molecule has 0 saturated carbocycles. The highest BCUT2D eigenvalue weighted by atomic mass is 35.5. The van der Waals surface area contributed by atoms with Crippen LogP contribution < -0.4 is 4.52 Å². The average molecular weight is 745 g/mol. The Hall–Kier alpha value is 0.900. The quantitative estimate of drug-likeness (QED) is 0.0952. The molecule has 0 amide bonds. The van der Waals surface area contributed by atoms with E-state index in [0.29, 0.717) is 54.6 Å². The minimum absolute atomic E-state index is 0.333. The molecule has 2 aromatic rings. The maximum Gasteiger partial charge on any atom is 0.440 e. The Morgan fingerprint density at radius 2 is 1.29 bits per heavy atom. The molecule has 0 aliphatic carbocycles. The van der Waals surface area contributed by atoms with Gasteiger partial charge in [0.25, 0.3) is 0 Å². The molecule has 0 saturated heterocycles. The van der Waals surface area contributed by atoms with Crippen molar-refractivity contribution in [1.29, 1.82) is 0 Å². The first kappa shape index (κ1) is 39.9. The Morgan fingerprint density at radius 3 is 1.73 bits per heavy atom. The van der Waals surface area contributed by atoms with E-state index in [-0.39, 0.29) is 0 Å². The zero-order valence-electron chi connectivity index (χ0n) is 24.1. The molecule has 41 heavy (non-hydrogen) atoms. The Bertz CT molecular complexity index is 1100. The van der Waals surface area contributed by atoms with Crippen molar-refractivity contribution in [2.24, 2.45) is 0 Å². The standard InChI is InChI=1S/C14H18ClN2O3PS.C9H22O4P2S4/c1-3-9-22-21(18,19-4-2)20-14-10-16-17(11-14)13-7-5-12(15)6-8-13;1-5-10-14(16,11-6-2)18-9-19-15(17,12-7-3)13-8-4/h5-8,10-11H,3-4,9H2,1-2H3;5-9H2,1-4H3. The molecule has 1 atom stereocenters. The molecule has 1 unspecified atom stereocenters. The molecule has 1 aromatic heterocycles. The van der Waals surface area contributed by atoms with Crippen LogP contribution in [0.3, 0.4) is 0 Å². The SMILES string of the molecule is CCCSP(=O)(OCC)Oc1cnn(-c2ccc(Cl)cc2)c1.CCOP(=S)(OCC)SCSP(=S)(OCC)OCC. The molecular weight excluding hydrogens is 705 g/mol. The first-order chi connectivity index (χ1) is 19.5. The zero-order chi connectivity index (χ0) is 30.8. The molecule has 0 aliphatic rings. The van der Waals surface area contributed by atoms with Crippen molar-refractivity contribution in [3.05, 3.63) is 41.7 Å². The summed E-state index contributed by atoms with van der Waals surface area (Å²) in [5.41, 5.74) is -3.67. The molecule has 0 aliphatic heterocycles. The van der Waals surface area contributed by atoms with Crippen molar-refractivity contribution in [3.63, 3.8) is 0 Å². The first-order valence-electron chi connectivity index (χ1n) is 13.0. The summed E-state index contributed by atoms with van der Waals surface area (Å²) < 4.78 is 47.3. The van der Waals surface area contributed by atoms with Crippen LogP contribution in [0.5, 0.6) is 5.75 Å². The Labute approximate surface area is 272 Å². The molecule has 0 bridgehead atoms.